The first kappa shape index (κ1) is 17.3. The second-order valence-electron chi connectivity index (χ2n) is 3.97. The molecule has 3 N–H and O–H groups in total. The van der Waals surface area contributed by atoms with Gasteiger partial charge in [-0.05, 0) is 0 Å². The number of thiazole rings is 1. The first-order valence-corrected chi connectivity index (χ1v) is 7.27. The zero-order valence-electron chi connectivity index (χ0n) is 11.8. The quantitative estimate of drug-likeness (QED) is 0.537. The summed E-state index contributed by atoms with van der Waals surface area (Å²) in [6.45, 7) is 2.25. The molecule has 2 amide bonds. The third kappa shape index (κ3) is 7.59. The molecule has 0 spiro atoms. The molecule has 0 aromatic carbocycles. The van der Waals surface area contributed by atoms with Crippen molar-refractivity contribution in [3.8, 4) is 0 Å². The van der Waals surface area contributed by atoms with E-state index in [9.17, 15) is 9.59 Å². The van der Waals surface area contributed by atoms with E-state index in [1.165, 1.54) is 16.7 Å². The molecule has 21 heavy (non-hydrogen) atoms. The minimum absolute atomic E-state index is 0.0349. The second-order valence-corrected chi connectivity index (χ2v) is 4.91. The number of ether oxygens (including phenoxy) is 2. The highest BCUT2D eigenvalue weighted by Gasteiger charge is 2.08. The van der Waals surface area contributed by atoms with Crippen molar-refractivity contribution in [3.05, 3.63) is 16.1 Å². The maximum atomic E-state index is 11.4. The number of carbonyl (C=O) groups excluding carboxylic acids is 1. The van der Waals surface area contributed by atoms with E-state index in [1.807, 2.05) is 0 Å². The van der Waals surface area contributed by atoms with E-state index in [0.29, 0.717) is 44.3 Å². The zero-order chi connectivity index (χ0) is 15.5. The Kier molecular flexibility index (Phi) is 8.32. The molecular weight excluding hydrogens is 298 g/mol. The third-order valence-electron chi connectivity index (χ3n) is 2.36. The molecule has 9 heteroatoms. The van der Waals surface area contributed by atoms with Gasteiger partial charge in [0, 0.05) is 32.0 Å². The summed E-state index contributed by atoms with van der Waals surface area (Å²) in [4.78, 5) is 26.0. The minimum Gasteiger partial charge on any atom is -0.476 e. The molecule has 0 saturated carbocycles. The summed E-state index contributed by atoms with van der Waals surface area (Å²) >= 11 is 1.26. The van der Waals surface area contributed by atoms with Crippen molar-refractivity contribution in [3.63, 3.8) is 0 Å². The maximum absolute atomic E-state index is 11.4. The summed E-state index contributed by atoms with van der Waals surface area (Å²) in [5.41, 5.74) is 0.0349. The third-order valence-corrected chi connectivity index (χ3v) is 3.27. The molecule has 0 fully saturated rings. The summed E-state index contributed by atoms with van der Waals surface area (Å²) < 4.78 is 10.0. The SMILES string of the molecule is COCCOCCNC(=O)NCCc1nc(C(=O)O)cs1. The number of aromatic nitrogens is 1. The standard InChI is InChI=1S/C12H19N3O5S/c1-19-6-7-20-5-4-14-12(18)13-3-2-10-15-9(8-21-10)11(16)17/h8H,2-7H2,1H3,(H,16,17)(H2,13,14,18). The molecule has 0 radical (unpaired) electrons. The summed E-state index contributed by atoms with van der Waals surface area (Å²) in [6.07, 6.45) is 0.496. The number of rotatable bonds is 10. The molecule has 1 aromatic heterocycles. The average Bonchev–Trinajstić information content (AvgIpc) is 2.92. The van der Waals surface area contributed by atoms with Gasteiger partial charge in [0.2, 0.25) is 0 Å². The number of urea groups is 1. The van der Waals surface area contributed by atoms with Crippen molar-refractivity contribution in [1.82, 2.24) is 15.6 Å². The highest BCUT2D eigenvalue weighted by molar-refractivity contribution is 7.09. The van der Waals surface area contributed by atoms with Gasteiger partial charge in [0.1, 0.15) is 0 Å². The lowest BCUT2D eigenvalue weighted by atomic mass is 10.4. The monoisotopic (exact) mass is 317 g/mol. The summed E-state index contributed by atoms with van der Waals surface area (Å²) in [7, 11) is 1.59. The van der Waals surface area contributed by atoms with E-state index in [0.717, 1.165) is 0 Å². The van der Waals surface area contributed by atoms with Crippen LogP contribution in [0.3, 0.4) is 0 Å². The van der Waals surface area contributed by atoms with Gasteiger partial charge in [-0.1, -0.05) is 0 Å². The normalized spacial score (nSPS) is 10.3. The molecule has 118 valence electrons. The lowest BCUT2D eigenvalue weighted by Gasteiger charge is -2.07. The number of hydrogen-bond acceptors (Lipinski definition) is 6. The van der Waals surface area contributed by atoms with E-state index in [1.54, 1.807) is 7.11 Å². The van der Waals surface area contributed by atoms with E-state index in [-0.39, 0.29) is 11.7 Å². The van der Waals surface area contributed by atoms with Crippen molar-refractivity contribution < 1.29 is 24.2 Å². The predicted octanol–water partition coefficient (Wildman–Crippen LogP) is 0.346. The maximum Gasteiger partial charge on any atom is 0.355 e. The molecule has 1 aromatic rings. The topological polar surface area (TPSA) is 110 Å². The Balaban J connectivity index is 2.06. The fourth-order valence-corrected chi connectivity index (χ4v) is 2.12. The van der Waals surface area contributed by atoms with Gasteiger partial charge in [-0.3, -0.25) is 0 Å². The van der Waals surface area contributed by atoms with Crippen molar-refractivity contribution in [1.29, 1.82) is 0 Å². The number of carboxylic acids is 1. The van der Waals surface area contributed by atoms with Crippen LogP contribution < -0.4 is 10.6 Å². The Bertz CT molecular complexity index is 452. The second kappa shape index (κ2) is 10.1. The molecule has 8 nitrogen and oxygen atoms in total. The fraction of sp³-hybridized carbons (Fsp3) is 0.583. The van der Waals surface area contributed by atoms with E-state index in [2.05, 4.69) is 15.6 Å². The number of amides is 2. The first-order valence-electron chi connectivity index (χ1n) is 6.39. The Labute approximate surface area is 126 Å². The van der Waals surface area contributed by atoms with Gasteiger partial charge in [-0.2, -0.15) is 0 Å². The highest BCUT2D eigenvalue weighted by atomic mass is 32.1. The summed E-state index contributed by atoms with van der Waals surface area (Å²) in [5, 5.41) is 16.2. The van der Waals surface area contributed by atoms with Crippen LogP contribution in [0.1, 0.15) is 15.5 Å². The van der Waals surface area contributed by atoms with Gasteiger partial charge in [-0.15, -0.1) is 11.3 Å². The van der Waals surface area contributed by atoms with Crippen molar-refractivity contribution in [2.75, 3.05) is 40.0 Å². The Hall–Kier alpha value is -1.71. The van der Waals surface area contributed by atoms with Crippen LogP contribution in [-0.2, 0) is 15.9 Å². The molecular formula is C12H19N3O5S. The molecule has 0 unspecified atom stereocenters. The summed E-state index contributed by atoms with van der Waals surface area (Å²) in [6, 6.07) is -0.291. The Morgan fingerprint density at radius 2 is 2.05 bits per heavy atom. The van der Waals surface area contributed by atoms with Crippen LogP contribution in [0, 0.1) is 0 Å². The van der Waals surface area contributed by atoms with Crippen LogP contribution >= 0.6 is 11.3 Å². The minimum atomic E-state index is -1.04. The molecule has 0 bridgehead atoms. The molecule has 0 aliphatic rings. The van der Waals surface area contributed by atoms with Crippen LogP contribution in [0.4, 0.5) is 4.79 Å². The molecule has 0 aliphatic carbocycles. The average molecular weight is 317 g/mol. The molecule has 0 atom stereocenters. The van der Waals surface area contributed by atoms with Crippen LogP contribution in [0.5, 0.6) is 0 Å². The van der Waals surface area contributed by atoms with E-state index < -0.39 is 5.97 Å². The Morgan fingerprint density at radius 1 is 1.29 bits per heavy atom. The van der Waals surface area contributed by atoms with Crippen LogP contribution in [0.2, 0.25) is 0 Å². The number of carbonyl (C=O) groups is 2. The number of hydrogen-bond donors (Lipinski definition) is 3. The number of nitrogens with zero attached hydrogens (tertiary/aromatic N) is 1. The Morgan fingerprint density at radius 3 is 2.71 bits per heavy atom. The van der Waals surface area contributed by atoms with Gasteiger partial charge in [0.25, 0.3) is 0 Å². The lowest BCUT2D eigenvalue weighted by Crippen LogP contribution is -2.38. The van der Waals surface area contributed by atoms with Gasteiger partial charge < -0.3 is 25.2 Å². The number of nitrogens with one attached hydrogen (secondary N) is 2. The van der Waals surface area contributed by atoms with Gasteiger partial charge >= 0.3 is 12.0 Å². The molecule has 0 saturated heterocycles. The zero-order valence-corrected chi connectivity index (χ0v) is 12.6. The van der Waals surface area contributed by atoms with Gasteiger partial charge in [0.05, 0.1) is 24.8 Å². The lowest BCUT2D eigenvalue weighted by molar-refractivity contribution is 0.0691. The predicted molar refractivity (Wildman–Crippen MR) is 76.9 cm³/mol. The van der Waals surface area contributed by atoms with E-state index >= 15 is 0 Å². The first-order chi connectivity index (χ1) is 10.1. The van der Waals surface area contributed by atoms with Crippen molar-refractivity contribution in [2.45, 2.75) is 6.42 Å². The van der Waals surface area contributed by atoms with Crippen LogP contribution in [-0.4, -0.2) is 62.1 Å². The van der Waals surface area contributed by atoms with Crippen molar-refractivity contribution >= 4 is 23.3 Å². The van der Waals surface area contributed by atoms with Crippen molar-refractivity contribution in [2.24, 2.45) is 0 Å². The molecule has 1 heterocycles. The van der Waals surface area contributed by atoms with Gasteiger partial charge in [0.15, 0.2) is 5.69 Å². The van der Waals surface area contributed by atoms with Crippen LogP contribution in [0.25, 0.3) is 0 Å². The highest BCUT2D eigenvalue weighted by Crippen LogP contribution is 2.09. The molecule has 1 rings (SSSR count). The number of carboxylic acid groups (broad SMARTS) is 1. The fourth-order valence-electron chi connectivity index (χ4n) is 1.35. The number of methoxy groups -OCH3 is 1. The largest absolute Gasteiger partial charge is 0.476 e. The number of aromatic carboxylic acids is 1. The molecule has 0 aliphatic heterocycles. The summed E-state index contributed by atoms with van der Waals surface area (Å²) in [5.74, 6) is -1.04. The van der Waals surface area contributed by atoms with Crippen LogP contribution in [0.15, 0.2) is 5.38 Å². The van der Waals surface area contributed by atoms with E-state index in [4.69, 9.17) is 14.6 Å². The van der Waals surface area contributed by atoms with Gasteiger partial charge in [-0.25, -0.2) is 14.6 Å². The smallest absolute Gasteiger partial charge is 0.355 e.